The average Bonchev–Trinajstić information content (AvgIpc) is 2.42. The third-order valence-corrected chi connectivity index (χ3v) is 2.76. The van der Waals surface area contributed by atoms with Crippen molar-refractivity contribution in [2.45, 2.75) is 0 Å². The number of anilines is 1. The molecule has 4 heteroatoms. The fraction of sp³-hybridized carbons (Fsp3) is 0. The van der Waals surface area contributed by atoms with Crippen LogP contribution in [0.15, 0.2) is 60.8 Å². The molecule has 0 heterocycles. The van der Waals surface area contributed by atoms with E-state index < -0.39 is 0 Å². The monoisotopic (exact) mass is 272 g/mol. The summed E-state index contributed by atoms with van der Waals surface area (Å²) in [6.45, 7) is 0. The van der Waals surface area contributed by atoms with Crippen LogP contribution in [0, 0.1) is 0 Å². The fourth-order valence-electron chi connectivity index (χ4n) is 1.51. The van der Waals surface area contributed by atoms with E-state index in [9.17, 15) is 4.79 Å². The maximum Gasteiger partial charge on any atom is 0.323 e. The Kier molecular flexibility index (Phi) is 4.59. The molecule has 3 nitrogen and oxygen atoms in total. The SMILES string of the molecule is O=C(N/C=C/c1ccccc1Cl)Nc1ccccc1. The molecule has 2 N–H and O–H groups in total. The van der Waals surface area contributed by atoms with Gasteiger partial charge in [0, 0.05) is 16.9 Å². The first kappa shape index (κ1) is 13.2. The lowest BCUT2D eigenvalue weighted by molar-refractivity contribution is 0.255. The van der Waals surface area contributed by atoms with Crippen LogP contribution >= 0.6 is 11.6 Å². The molecule has 2 amide bonds. The zero-order chi connectivity index (χ0) is 13.5. The smallest absolute Gasteiger partial charge is 0.314 e. The maximum absolute atomic E-state index is 11.6. The van der Waals surface area contributed by atoms with Gasteiger partial charge in [-0.15, -0.1) is 0 Å². The summed E-state index contributed by atoms with van der Waals surface area (Å²) in [7, 11) is 0. The average molecular weight is 273 g/mol. The number of nitrogens with one attached hydrogen (secondary N) is 2. The van der Waals surface area contributed by atoms with Crippen molar-refractivity contribution >= 4 is 29.4 Å². The minimum atomic E-state index is -0.297. The van der Waals surface area contributed by atoms with Crippen LogP contribution in [0.4, 0.5) is 10.5 Å². The lowest BCUT2D eigenvalue weighted by atomic mass is 10.2. The fourth-order valence-corrected chi connectivity index (χ4v) is 1.70. The topological polar surface area (TPSA) is 41.1 Å². The van der Waals surface area contributed by atoms with Crippen LogP contribution in [0.5, 0.6) is 0 Å². The summed E-state index contributed by atoms with van der Waals surface area (Å²) in [6.07, 6.45) is 3.30. The molecule has 0 unspecified atom stereocenters. The van der Waals surface area contributed by atoms with Crippen molar-refractivity contribution in [1.29, 1.82) is 0 Å². The van der Waals surface area contributed by atoms with Crippen molar-refractivity contribution in [3.63, 3.8) is 0 Å². The maximum atomic E-state index is 11.6. The van der Waals surface area contributed by atoms with Gasteiger partial charge in [-0.25, -0.2) is 4.79 Å². The van der Waals surface area contributed by atoms with Crippen LogP contribution in [-0.4, -0.2) is 6.03 Å². The zero-order valence-corrected chi connectivity index (χ0v) is 10.9. The quantitative estimate of drug-likeness (QED) is 0.866. The number of benzene rings is 2. The number of amides is 2. The van der Waals surface area contributed by atoms with Gasteiger partial charge in [-0.1, -0.05) is 48.0 Å². The van der Waals surface area contributed by atoms with Crippen LogP contribution in [0.2, 0.25) is 5.02 Å². The first-order valence-corrected chi connectivity index (χ1v) is 6.17. The number of carbonyl (C=O) groups excluding carboxylic acids is 1. The summed E-state index contributed by atoms with van der Waals surface area (Å²) < 4.78 is 0. The van der Waals surface area contributed by atoms with Crippen LogP contribution in [-0.2, 0) is 0 Å². The highest BCUT2D eigenvalue weighted by atomic mass is 35.5. The second-order valence-corrected chi connectivity index (χ2v) is 4.23. The van der Waals surface area contributed by atoms with Crippen LogP contribution in [0.1, 0.15) is 5.56 Å². The van der Waals surface area contributed by atoms with Crippen molar-refractivity contribution < 1.29 is 4.79 Å². The van der Waals surface area contributed by atoms with Crippen molar-refractivity contribution in [1.82, 2.24) is 5.32 Å². The molecule has 0 aromatic heterocycles. The molecule has 2 aromatic carbocycles. The van der Waals surface area contributed by atoms with E-state index in [1.807, 2.05) is 48.5 Å². The predicted molar refractivity (Wildman–Crippen MR) is 79.1 cm³/mol. The number of para-hydroxylation sites is 1. The molecule has 0 aliphatic heterocycles. The molecule has 0 aliphatic carbocycles. The largest absolute Gasteiger partial charge is 0.323 e. The van der Waals surface area contributed by atoms with Crippen LogP contribution in [0.3, 0.4) is 0 Å². The molecule has 19 heavy (non-hydrogen) atoms. The van der Waals surface area contributed by atoms with Gasteiger partial charge in [0.25, 0.3) is 0 Å². The Balaban J connectivity index is 1.89. The van der Waals surface area contributed by atoms with Gasteiger partial charge in [-0.2, -0.15) is 0 Å². The molecule has 0 saturated heterocycles. The Labute approximate surface area is 116 Å². The molecule has 2 aromatic rings. The molecular weight excluding hydrogens is 260 g/mol. The molecule has 0 atom stereocenters. The first-order valence-electron chi connectivity index (χ1n) is 5.79. The zero-order valence-electron chi connectivity index (χ0n) is 10.1. The van der Waals surface area contributed by atoms with E-state index >= 15 is 0 Å². The van der Waals surface area contributed by atoms with Crippen molar-refractivity contribution in [2.75, 3.05) is 5.32 Å². The third kappa shape index (κ3) is 4.16. The molecule has 96 valence electrons. The summed E-state index contributed by atoms with van der Waals surface area (Å²) in [6, 6.07) is 16.3. The lowest BCUT2D eigenvalue weighted by Crippen LogP contribution is -2.23. The molecule has 2 rings (SSSR count). The number of hydrogen-bond donors (Lipinski definition) is 2. The molecule has 0 spiro atoms. The molecule has 0 saturated carbocycles. The molecular formula is C15H13ClN2O. The van der Waals surface area contributed by atoms with E-state index in [1.165, 1.54) is 0 Å². The Morgan fingerprint density at radius 2 is 1.68 bits per heavy atom. The van der Waals surface area contributed by atoms with E-state index in [4.69, 9.17) is 11.6 Å². The Hall–Kier alpha value is -2.26. The Morgan fingerprint density at radius 1 is 1.00 bits per heavy atom. The van der Waals surface area contributed by atoms with Crippen LogP contribution in [0.25, 0.3) is 6.08 Å². The van der Waals surface area contributed by atoms with Gasteiger partial charge in [-0.05, 0) is 29.8 Å². The Morgan fingerprint density at radius 3 is 2.42 bits per heavy atom. The molecule has 0 fully saturated rings. The summed E-state index contributed by atoms with van der Waals surface area (Å²) in [5.74, 6) is 0. The van der Waals surface area contributed by atoms with E-state index in [1.54, 1.807) is 18.3 Å². The minimum Gasteiger partial charge on any atom is -0.314 e. The van der Waals surface area contributed by atoms with Crippen molar-refractivity contribution in [2.24, 2.45) is 0 Å². The van der Waals surface area contributed by atoms with Gasteiger partial charge in [0.1, 0.15) is 0 Å². The molecule has 0 radical (unpaired) electrons. The lowest BCUT2D eigenvalue weighted by Gasteiger charge is -2.03. The number of urea groups is 1. The first-order chi connectivity index (χ1) is 9.25. The summed E-state index contributed by atoms with van der Waals surface area (Å²) in [5, 5.41) is 5.97. The normalized spacial score (nSPS) is 10.4. The van der Waals surface area contributed by atoms with Gasteiger partial charge in [0.15, 0.2) is 0 Å². The highest BCUT2D eigenvalue weighted by molar-refractivity contribution is 6.32. The van der Waals surface area contributed by atoms with Crippen molar-refractivity contribution in [3.05, 3.63) is 71.4 Å². The van der Waals surface area contributed by atoms with E-state index in [0.29, 0.717) is 5.02 Å². The minimum absolute atomic E-state index is 0.297. The summed E-state index contributed by atoms with van der Waals surface area (Å²) in [5.41, 5.74) is 1.59. The van der Waals surface area contributed by atoms with Gasteiger partial charge in [0.2, 0.25) is 0 Å². The van der Waals surface area contributed by atoms with Gasteiger partial charge in [-0.3, -0.25) is 0 Å². The predicted octanol–water partition coefficient (Wildman–Crippen LogP) is 4.13. The van der Waals surface area contributed by atoms with Gasteiger partial charge in [0.05, 0.1) is 0 Å². The van der Waals surface area contributed by atoms with E-state index in [0.717, 1.165) is 11.3 Å². The molecule has 0 bridgehead atoms. The van der Waals surface area contributed by atoms with Crippen LogP contribution < -0.4 is 10.6 Å². The molecule has 0 aliphatic rings. The highest BCUT2D eigenvalue weighted by Crippen LogP contribution is 2.15. The van der Waals surface area contributed by atoms with Gasteiger partial charge >= 0.3 is 6.03 Å². The van der Waals surface area contributed by atoms with E-state index in [2.05, 4.69) is 10.6 Å². The summed E-state index contributed by atoms with van der Waals surface area (Å²) in [4.78, 5) is 11.6. The standard InChI is InChI=1S/C15H13ClN2O/c16-14-9-5-4-6-12(14)10-11-17-15(19)18-13-7-2-1-3-8-13/h1-11H,(H2,17,18,19)/b11-10+. The number of halogens is 1. The summed E-state index contributed by atoms with van der Waals surface area (Å²) >= 11 is 5.99. The third-order valence-electron chi connectivity index (χ3n) is 2.41. The second kappa shape index (κ2) is 6.61. The Bertz CT molecular complexity index is 582. The van der Waals surface area contributed by atoms with Gasteiger partial charge < -0.3 is 10.6 Å². The second-order valence-electron chi connectivity index (χ2n) is 3.82. The highest BCUT2D eigenvalue weighted by Gasteiger charge is 1.98. The van der Waals surface area contributed by atoms with E-state index in [-0.39, 0.29) is 6.03 Å². The number of carbonyl (C=O) groups is 1. The number of rotatable bonds is 3. The number of hydrogen-bond acceptors (Lipinski definition) is 1. The van der Waals surface area contributed by atoms with Crippen molar-refractivity contribution in [3.8, 4) is 0 Å².